The Kier molecular flexibility index (Phi) is 3.19. The van der Waals surface area contributed by atoms with Crippen LogP contribution in [0, 0.1) is 16.0 Å². The molecule has 0 aliphatic carbocycles. The van der Waals surface area contributed by atoms with Crippen LogP contribution in [0.25, 0.3) is 11.0 Å². The predicted molar refractivity (Wildman–Crippen MR) is 73.6 cm³/mol. The maximum atomic E-state index is 10.7. The van der Waals surface area contributed by atoms with Crippen molar-refractivity contribution < 1.29 is 10.0 Å². The molecule has 20 heavy (non-hydrogen) atoms. The van der Waals surface area contributed by atoms with E-state index in [0.717, 1.165) is 25.3 Å². The molecule has 1 aliphatic rings. The first-order valence-electron chi connectivity index (χ1n) is 6.44. The molecule has 2 aromatic rings. The van der Waals surface area contributed by atoms with E-state index in [0.29, 0.717) is 11.0 Å². The van der Waals surface area contributed by atoms with Gasteiger partial charge in [0, 0.05) is 37.7 Å². The van der Waals surface area contributed by atoms with Gasteiger partial charge < -0.3 is 10.0 Å². The zero-order valence-electron chi connectivity index (χ0n) is 10.8. The topological polar surface area (TPSA) is 92.4 Å². The van der Waals surface area contributed by atoms with Crippen LogP contribution in [-0.4, -0.2) is 39.7 Å². The fraction of sp³-hybridized carbons (Fsp3) is 0.385. The van der Waals surface area contributed by atoms with E-state index in [4.69, 9.17) is 5.11 Å². The zero-order valence-corrected chi connectivity index (χ0v) is 10.8. The van der Waals surface area contributed by atoms with E-state index in [-0.39, 0.29) is 18.2 Å². The highest BCUT2D eigenvalue weighted by Crippen LogP contribution is 2.24. The second-order valence-corrected chi connectivity index (χ2v) is 4.94. The molecule has 0 amide bonds. The Hall–Kier alpha value is -2.28. The summed E-state index contributed by atoms with van der Waals surface area (Å²) in [5.74, 6) is 1.03. The fourth-order valence-corrected chi connectivity index (χ4v) is 2.45. The first kappa shape index (κ1) is 12.7. The molecular weight excluding hydrogens is 260 g/mol. The number of fused-ring (bicyclic) bond motifs is 1. The molecule has 1 aromatic heterocycles. The van der Waals surface area contributed by atoms with Crippen LogP contribution in [0.5, 0.6) is 0 Å². The molecule has 7 nitrogen and oxygen atoms in total. The normalized spacial score (nSPS) is 18.6. The predicted octanol–water partition coefficient (Wildman–Crippen LogP) is 1.36. The summed E-state index contributed by atoms with van der Waals surface area (Å²) in [6.45, 7) is 1.80. The van der Waals surface area contributed by atoms with Gasteiger partial charge in [-0.3, -0.25) is 15.1 Å². The average molecular weight is 274 g/mol. The summed E-state index contributed by atoms with van der Waals surface area (Å²) in [4.78, 5) is 21.1. The van der Waals surface area contributed by atoms with Crippen molar-refractivity contribution in [1.29, 1.82) is 0 Å². The molecule has 7 heteroatoms. The first-order chi connectivity index (χ1) is 9.67. The van der Waals surface area contributed by atoms with Gasteiger partial charge in [-0.05, 0) is 12.5 Å². The fourth-order valence-electron chi connectivity index (χ4n) is 2.45. The molecule has 0 bridgehead atoms. The van der Waals surface area contributed by atoms with E-state index in [1.165, 1.54) is 12.1 Å². The lowest BCUT2D eigenvalue weighted by Crippen LogP contribution is -2.21. The SMILES string of the molecule is O=[N+]([O-])c1ccc2nc(N3CC[C@H](CO)C3)cnc2c1. The van der Waals surface area contributed by atoms with Crippen LogP contribution in [0.1, 0.15) is 6.42 Å². The molecule has 1 saturated heterocycles. The number of non-ortho nitro benzene ring substituents is 1. The second-order valence-electron chi connectivity index (χ2n) is 4.94. The van der Waals surface area contributed by atoms with Crippen LogP contribution in [0.4, 0.5) is 11.5 Å². The molecule has 2 heterocycles. The molecule has 1 fully saturated rings. The van der Waals surface area contributed by atoms with Crippen molar-refractivity contribution in [2.45, 2.75) is 6.42 Å². The molecule has 0 unspecified atom stereocenters. The number of aliphatic hydroxyl groups excluding tert-OH is 1. The molecule has 1 atom stereocenters. The van der Waals surface area contributed by atoms with Gasteiger partial charge in [0.15, 0.2) is 0 Å². The van der Waals surface area contributed by atoms with Gasteiger partial charge >= 0.3 is 0 Å². The van der Waals surface area contributed by atoms with Crippen LogP contribution in [0.2, 0.25) is 0 Å². The summed E-state index contributed by atoms with van der Waals surface area (Å²) in [5, 5.41) is 19.9. The van der Waals surface area contributed by atoms with Crippen molar-refractivity contribution in [3.05, 3.63) is 34.5 Å². The van der Waals surface area contributed by atoms with E-state index >= 15 is 0 Å². The van der Waals surface area contributed by atoms with Gasteiger partial charge in [0.05, 0.1) is 22.2 Å². The molecule has 1 aliphatic heterocycles. The zero-order chi connectivity index (χ0) is 14.1. The second kappa shape index (κ2) is 5.01. The van der Waals surface area contributed by atoms with Crippen LogP contribution in [0.15, 0.2) is 24.4 Å². The van der Waals surface area contributed by atoms with Gasteiger partial charge in [0.2, 0.25) is 0 Å². The first-order valence-corrected chi connectivity index (χ1v) is 6.44. The Bertz CT molecular complexity index is 661. The minimum absolute atomic E-state index is 0.0149. The number of aliphatic hydroxyl groups is 1. The highest BCUT2D eigenvalue weighted by atomic mass is 16.6. The molecule has 1 N–H and O–H groups in total. The number of nitro benzene ring substituents is 1. The van der Waals surface area contributed by atoms with Crippen LogP contribution < -0.4 is 4.90 Å². The van der Waals surface area contributed by atoms with Crippen molar-refractivity contribution in [1.82, 2.24) is 9.97 Å². The number of hydrogen-bond donors (Lipinski definition) is 1. The van der Waals surface area contributed by atoms with Crippen molar-refractivity contribution in [3.63, 3.8) is 0 Å². The largest absolute Gasteiger partial charge is 0.396 e. The Morgan fingerprint density at radius 1 is 1.45 bits per heavy atom. The number of rotatable bonds is 3. The minimum atomic E-state index is -0.443. The maximum Gasteiger partial charge on any atom is 0.271 e. The van der Waals surface area contributed by atoms with Crippen molar-refractivity contribution >= 4 is 22.5 Å². The molecular formula is C13H14N4O3. The number of hydrogen-bond acceptors (Lipinski definition) is 6. The van der Waals surface area contributed by atoms with Crippen LogP contribution >= 0.6 is 0 Å². The third kappa shape index (κ3) is 2.27. The Morgan fingerprint density at radius 3 is 3.00 bits per heavy atom. The van der Waals surface area contributed by atoms with Crippen LogP contribution in [0.3, 0.4) is 0 Å². The summed E-state index contributed by atoms with van der Waals surface area (Å²) >= 11 is 0. The molecule has 3 rings (SSSR count). The van der Waals surface area contributed by atoms with Crippen LogP contribution in [-0.2, 0) is 0 Å². The molecule has 0 radical (unpaired) electrons. The smallest absolute Gasteiger partial charge is 0.271 e. The lowest BCUT2D eigenvalue weighted by Gasteiger charge is -2.16. The van der Waals surface area contributed by atoms with E-state index < -0.39 is 4.92 Å². The quantitative estimate of drug-likeness (QED) is 0.671. The summed E-state index contributed by atoms with van der Waals surface area (Å²) < 4.78 is 0. The van der Waals surface area contributed by atoms with Gasteiger partial charge in [-0.15, -0.1) is 0 Å². The van der Waals surface area contributed by atoms with E-state index in [1.54, 1.807) is 12.3 Å². The van der Waals surface area contributed by atoms with E-state index in [9.17, 15) is 10.1 Å². The Labute approximate surface area is 115 Å². The minimum Gasteiger partial charge on any atom is -0.396 e. The summed E-state index contributed by atoms with van der Waals surface area (Å²) in [5.41, 5.74) is 1.17. The van der Waals surface area contributed by atoms with Crippen molar-refractivity contribution in [3.8, 4) is 0 Å². The molecule has 1 aromatic carbocycles. The number of nitrogens with zero attached hydrogens (tertiary/aromatic N) is 4. The van der Waals surface area contributed by atoms with Crippen molar-refractivity contribution in [2.24, 2.45) is 5.92 Å². The summed E-state index contributed by atoms with van der Waals surface area (Å²) in [6, 6.07) is 4.47. The van der Waals surface area contributed by atoms with Gasteiger partial charge in [-0.25, -0.2) is 4.98 Å². The number of anilines is 1. The highest BCUT2D eigenvalue weighted by Gasteiger charge is 2.23. The molecule has 104 valence electrons. The van der Waals surface area contributed by atoms with Gasteiger partial charge in [0.25, 0.3) is 5.69 Å². The summed E-state index contributed by atoms with van der Waals surface area (Å²) in [6.07, 6.45) is 2.57. The lowest BCUT2D eigenvalue weighted by molar-refractivity contribution is -0.384. The third-order valence-corrected chi connectivity index (χ3v) is 3.59. The standard InChI is InChI=1S/C13H14N4O3/c18-8-9-3-4-16(7-9)13-6-14-12-5-10(17(19)20)1-2-11(12)15-13/h1-2,5-6,9,18H,3-4,7-8H2/t9-/m0/s1. The monoisotopic (exact) mass is 274 g/mol. The molecule has 0 spiro atoms. The highest BCUT2D eigenvalue weighted by molar-refractivity contribution is 5.78. The number of nitro groups is 1. The Morgan fingerprint density at radius 2 is 2.30 bits per heavy atom. The van der Waals surface area contributed by atoms with Gasteiger partial charge in [0.1, 0.15) is 5.82 Å². The van der Waals surface area contributed by atoms with Gasteiger partial charge in [-0.1, -0.05) is 0 Å². The maximum absolute atomic E-state index is 10.7. The average Bonchev–Trinajstić information content (AvgIpc) is 2.95. The third-order valence-electron chi connectivity index (χ3n) is 3.59. The Balaban J connectivity index is 1.91. The van der Waals surface area contributed by atoms with Crippen molar-refractivity contribution in [2.75, 3.05) is 24.6 Å². The lowest BCUT2D eigenvalue weighted by atomic mass is 10.1. The number of benzene rings is 1. The summed E-state index contributed by atoms with van der Waals surface area (Å²) in [7, 11) is 0. The number of aromatic nitrogens is 2. The van der Waals surface area contributed by atoms with E-state index in [1.807, 2.05) is 0 Å². The van der Waals surface area contributed by atoms with E-state index in [2.05, 4.69) is 14.9 Å². The van der Waals surface area contributed by atoms with Gasteiger partial charge in [-0.2, -0.15) is 0 Å². The molecule has 0 saturated carbocycles.